The van der Waals surface area contributed by atoms with Crippen LogP contribution in [0.25, 0.3) is 10.8 Å². The van der Waals surface area contributed by atoms with Crippen LogP contribution in [-0.4, -0.2) is 25.1 Å². The number of likely N-dealkylation sites (N-methyl/N-ethyl adjacent to an activating group) is 1. The molecule has 1 atom stereocenters. The topological polar surface area (TPSA) is 12.5 Å². The Morgan fingerprint density at radius 1 is 1.12 bits per heavy atom. The van der Waals surface area contributed by atoms with E-state index in [1.165, 1.54) is 16.3 Å². The number of ether oxygens (including phenoxy) is 1. The normalized spacial score (nSPS) is 21.7. The number of hydrogen-bond donors (Lipinski definition) is 0. The maximum atomic E-state index is 5.79. The molecule has 0 aromatic heterocycles. The molecule has 16 heavy (non-hydrogen) atoms. The summed E-state index contributed by atoms with van der Waals surface area (Å²) in [6, 6.07) is 14.9. The molecule has 1 aliphatic rings. The average Bonchev–Trinajstić information content (AvgIpc) is 2.75. The Kier molecular flexibility index (Phi) is 2.39. The highest BCUT2D eigenvalue weighted by Gasteiger charge is 2.24. The zero-order valence-corrected chi connectivity index (χ0v) is 9.39. The Morgan fingerprint density at radius 3 is 2.75 bits per heavy atom. The molecule has 3 rings (SSSR count). The predicted octanol–water partition coefficient (Wildman–Crippen LogP) is 2.80. The number of nitrogens with zero attached hydrogens (tertiary/aromatic N) is 1. The van der Waals surface area contributed by atoms with Crippen LogP contribution in [0.15, 0.2) is 42.5 Å². The molecule has 2 aromatic rings. The Bertz CT molecular complexity index is 504. The fourth-order valence-electron chi connectivity index (χ4n) is 2.35. The zero-order valence-electron chi connectivity index (χ0n) is 9.39. The molecule has 82 valence electrons. The molecule has 1 heterocycles. The Labute approximate surface area is 95.4 Å². The fourth-order valence-corrected chi connectivity index (χ4v) is 2.35. The summed E-state index contributed by atoms with van der Waals surface area (Å²) in [6.07, 6.45) is 0.117. The minimum absolute atomic E-state index is 0.117. The van der Waals surface area contributed by atoms with E-state index in [0.717, 1.165) is 13.2 Å². The SMILES string of the molecule is CN1CCOC1c1cccc2ccccc12. The van der Waals surface area contributed by atoms with Gasteiger partial charge >= 0.3 is 0 Å². The molecule has 2 aromatic carbocycles. The molecule has 0 N–H and O–H groups in total. The molecule has 0 spiro atoms. The van der Waals surface area contributed by atoms with Gasteiger partial charge in [0.25, 0.3) is 0 Å². The lowest BCUT2D eigenvalue weighted by Crippen LogP contribution is -2.18. The van der Waals surface area contributed by atoms with Crippen LogP contribution in [0.5, 0.6) is 0 Å². The first-order valence-corrected chi connectivity index (χ1v) is 5.66. The summed E-state index contributed by atoms with van der Waals surface area (Å²) in [5, 5.41) is 2.58. The van der Waals surface area contributed by atoms with Gasteiger partial charge in [0, 0.05) is 12.1 Å². The number of hydrogen-bond acceptors (Lipinski definition) is 2. The zero-order chi connectivity index (χ0) is 11.0. The van der Waals surface area contributed by atoms with E-state index in [1.54, 1.807) is 0 Å². The van der Waals surface area contributed by atoms with Gasteiger partial charge in [-0.2, -0.15) is 0 Å². The molecule has 1 saturated heterocycles. The minimum atomic E-state index is 0.117. The van der Waals surface area contributed by atoms with Gasteiger partial charge in [0.15, 0.2) is 0 Å². The molecular formula is C14H15NO. The largest absolute Gasteiger partial charge is 0.357 e. The second kappa shape index (κ2) is 3.89. The van der Waals surface area contributed by atoms with Gasteiger partial charge in [-0.15, -0.1) is 0 Å². The van der Waals surface area contributed by atoms with Gasteiger partial charge in [0.05, 0.1) is 6.61 Å². The van der Waals surface area contributed by atoms with E-state index in [0.29, 0.717) is 0 Å². The molecule has 1 unspecified atom stereocenters. The molecular weight excluding hydrogens is 198 g/mol. The lowest BCUT2D eigenvalue weighted by atomic mass is 10.0. The standard InChI is InChI=1S/C14H15NO/c1-15-9-10-16-14(15)13-8-4-6-11-5-2-3-7-12(11)13/h2-8,14H,9-10H2,1H3. The summed E-state index contributed by atoms with van der Waals surface area (Å²) in [7, 11) is 2.11. The van der Waals surface area contributed by atoms with Crippen molar-refractivity contribution >= 4 is 10.8 Å². The Morgan fingerprint density at radius 2 is 1.94 bits per heavy atom. The summed E-state index contributed by atoms with van der Waals surface area (Å²) >= 11 is 0. The monoisotopic (exact) mass is 213 g/mol. The van der Waals surface area contributed by atoms with Gasteiger partial charge in [0.1, 0.15) is 6.23 Å². The van der Waals surface area contributed by atoms with Gasteiger partial charge in [-0.3, -0.25) is 4.90 Å². The van der Waals surface area contributed by atoms with Crippen LogP contribution >= 0.6 is 0 Å². The number of benzene rings is 2. The summed E-state index contributed by atoms with van der Waals surface area (Å²) in [6.45, 7) is 1.83. The van der Waals surface area contributed by atoms with E-state index < -0.39 is 0 Å². The maximum Gasteiger partial charge on any atom is 0.137 e. The van der Waals surface area contributed by atoms with Crippen molar-refractivity contribution < 1.29 is 4.74 Å². The van der Waals surface area contributed by atoms with Gasteiger partial charge in [-0.05, 0) is 17.8 Å². The van der Waals surface area contributed by atoms with Crippen molar-refractivity contribution in [3.63, 3.8) is 0 Å². The summed E-state index contributed by atoms with van der Waals surface area (Å²) in [5.74, 6) is 0. The molecule has 0 amide bonds. The maximum absolute atomic E-state index is 5.79. The van der Waals surface area contributed by atoms with Gasteiger partial charge in [-0.25, -0.2) is 0 Å². The minimum Gasteiger partial charge on any atom is -0.357 e. The van der Waals surface area contributed by atoms with E-state index in [-0.39, 0.29) is 6.23 Å². The highest BCUT2D eigenvalue weighted by atomic mass is 16.5. The van der Waals surface area contributed by atoms with Gasteiger partial charge in [0.2, 0.25) is 0 Å². The Hall–Kier alpha value is -1.38. The van der Waals surface area contributed by atoms with Crippen molar-refractivity contribution in [1.29, 1.82) is 0 Å². The highest BCUT2D eigenvalue weighted by molar-refractivity contribution is 5.85. The van der Waals surface area contributed by atoms with Crippen LogP contribution in [0.3, 0.4) is 0 Å². The second-order valence-electron chi connectivity index (χ2n) is 4.27. The van der Waals surface area contributed by atoms with Crippen molar-refractivity contribution in [1.82, 2.24) is 4.90 Å². The first-order chi connectivity index (χ1) is 7.86. The van der Waals surface area contributed by atoms with Crippen molar-refractivity contribution in [2.45, 2.75) is 6.23 Å². The van der Waals surface area contributed by atoms with E-state index in [4.69, 9.17) is 4.74 Å². The van der Waals surface area contributed by atoms with E-state index in [1.807, 2.05) is 0 Å². The second-order valence-corrected chi connectivity index (χ2v) is 4.27. The number of rotatable bonds is 1. The van der Waals surface area contributed by atoms with Crippen LogP contribution in [0.2, 0.25) is 0 Å². The molecule has 0 radical (unpaired) electrons. The molecule has 0 aliphatic carbocycles. The van der Waals surface area contributed by atoms with E-state index in [2.05, 4.69) is 54.4 Å². The van der Waals surface area contributed by atoms with Gasteiger partial charge in [-0.1, -0.05) is 42.5 Å². The van der Waals surface area contributed by atoms with Crippen molar-refractivity contribution in [3.05, 3.63) is 48.0 Å². The Balaban J connectivity index is 2.16. The lowest BCUT2D eigenvalue weighted by molar-refractivity contribution is 0.0466. The van der Waals surface area contributed by atoms with E-state index >= 15 is 0 Å². The van der Waals surface area contributed by atoms with Crippen molar-refractivity contribution in [2.24, 2.45) is 0 Å². The third-order valence-corrected chi connectivity index (χ3v) is 3.21. The van der Waals surface area contributed by atoms with Crippen LogP contribution in [0.4, 0.5) is 0 Å². The molecule has 1 aliphatic heterocycles. The quantitative estimate of drug-likeness (QED) is 0.722. The molecule has 2 heteroatoms. The third kappa shape index (κ3) is 1.51. The average molecular weight is 213 g/mol. The van der Waals surface area contributed by atoms with Crippen molar-refractivity contribution in [3.8, 4) is 0 Å². The van der Waals surface area contributed by atoms with Crippen LogP contribution in [0.1, 0.15) is 11.8 Å². The van der Waals surface area contributed by atoms with Crippen LogP contribution < -0.4 is 0 Å². The summed E-state index contributed by atoms with van der Waals surface area (Å²) in [4.78, 5) is 2.25. The molecule has 2 nitrogen and oxygen atoms in total. The van der Waals surface area contributed by atoms with Crippen molar-refractivity contribution in [2.75, 3.05) is 20.2 Å². The molecule has 1 fully saturated rings. The van der Waals surface area contributed by atoms with Crippen LogP contribution in [-0.2, 0) is 4.74 Å². The third-order valence-electron chi connectivity index (χ3n) is 3.21. The smallest absolute Gasteiger partial charge is 0.137 e. The summed E-state index contributed by atoms with van der Waals surface area (Å²) < 4.78 is 5.79. The first-order valence-electron chi connectivity index (χ1n) is 5.66. The first kappa shape index (κ1) is 9.82. The predicted molar refractivity (Wildman–Crippen MR) is 65.3 cm³/mol. The fraction of sp³-hybridized carbons (Fsp3) is 0.286. The molecule has 0 saturated carbocycles. The lowest BCUT2D eigenvalue weighted by Gasteiger charge is -2.19. The van der Waals surface area contributed by atoms with E-state index in [9.17, 15) is 0 Å². The van der Waals surface area contributed by atoms with Crippen LogP contribution in [0, 0.1) is 0 Å². The molecule has 0 bridgehead atoms. The number of fused-ring (bicyclic) bond motifs is 1. The van der Waals surface area contributed by atoms with Gasteiger partial charge < -0.3 is 4.74 Å². The summed E-state index contributed by atoms with van der Waals surface area (Å²) in [5.41, 5.74) is 1.28. The highest BCUT2D eigenvalue weighted by Crippen LogP contribution is 2.30.